The van der Waals surface area contributed by atoms with Crippen LogP contribution >= 0.6 is 22.9 Å². The highest BCUT2D eigenvalue weighted by atomic mass is 35.5. The number of nitrogens with one attached hydrogen (secondary N) is 1. The molecule has 0 spiro atoms. The normalized spacial score (nSPS) is 11.5. The smallest absolute Gasteiger partial charge is 0.265 e. The van der Waals surface area contributed by atoms with Gasteiger partial charge in [-0.25, -0.2) is 8.42 Å². The third-order valence-electron chi connectivity index (χ3n) is 5.28. The number of aryl methyl sites for hydroxylation is 1. The average Bonchev–Trinajstić information content (AvgIpc) is 3.20. The number of fused-ring (bicyclic) bond motifs is 1. The summed E-state index contributed by atoms with van der Waals surface area (Å²) in [5.41, 5.74) is 2.97. The zero-order chi connectivity index (χ0) is 23.0. The summed E-state index contributed by atoms with van der Waals surface area (Å²) in [6.45, 7) is 3.76. The molecule has 164 valence electrons. The van der Waals surface area contributed by atoms with Crippen molar-refractivity contribution >= 4 is 60.3 Å². The first-order chi connectivity index (χ1) is 15.2. The van der Waals surface area contributed by atoms with Gasteiger partial charge in [0.05, 0.1) is 15.5 Å². The largest absolute Gasteiger partial charge is 0.321 e. The summed E-state index contributed by atoms with van der Waals surface area (Å²) in [6.07, 6.45) is 0. The van der Waals surface area contributed by atoms with Gasteiger partial charge in [0.2, 0.25) is 0 Å². The fourth-order valence-corrected chi connectivity index (χ4v) is 5.57. The van der Waals surface area contributed by atoms with E-state index in [1.165, 1.54) is 22.7 Å². The number of rotatable bonds is 5. The zero-order valence-corrected chi connectivity index (χ0v) is 20.1. The van der Waals surface area contributed by atoms with Gasteiger partial charge < -0.3 is 5.32 Å². The summed E-state index contributed by atoms with van der Waals surface area (Å²) in [7, 11) is -2.17. The molecule has 0 aliphatic heterocycles. The fraction of sp³-hybridized carbons (Fsp3) is 0.125. The van der Waals surface area contributed by atoms with Crippen LogP contribution < -0.4 is 9.62 Å². The van der Waals surface area contributed by atoms with E-state index in [1.54, 1.807) is 60.7 Å². The minimum Gasteiger partial charge on any atom is -0.321 e. The first kappa shape index (κ1) is 22.3. The number of thiophene rings is 1. The highest BCUT2D eigenvalue weighted by molar-refractivity contribution is 7.92. The van der Waals surface area contributed by atoms with Gasteiger partial charge in [0.25, 0.3) is 15.9 Å². The Morgan fingerprint density at radius 1 is 1.00 bits per heavy atom. The second kappa shape index (κ2) is 8.58. The second-order valence-corrected chi connectivity index (χ2v) is 10.9. The Morgan fingerprint density at radius 3 is 2.44 bits per heavy atom. The third-order valence-corrected chi connectivity index (χ3v) is 8.61. The quantitative estimate of drug-likeness (QED) is 0.364. The van der Waals surface area contributed by atoms with Gasteiger partial charge in [-0.15, -0.1) is 11.3 Å². The van der Waals surface area contributed by atoms with E-state index in [1.807, 2.05) is 19.9 Å². The first-order valence-electron chi connectivity index (χ1n) is 9.82. The Labute approximate surface area is 196 Å². The van der Waals surface area contributed by atoms with E-state index in [0.29, 0.717) is 21.3 Å². The van der Waals surface area contributed by atoms with Gasteiger partial charge in [0.1, 0.15) is 0 Å². The molecule has 0 saturated heterocycles. The summed E-state index contributed by atoms with van der Waals surface area (Å²) >= 11 is 7.49. The van der Waals surface area contributed by atoms with Gasteiger partial charge >= 0.3 is 0 Å². The molecule has 0 saturated carbocycles. The van der Waals surface area contributed by atoms with E-state index in [0.717, 1.165) is 21.2 Å². The Bertz CT molecular complexity index is 1430. The van der Waals surface area contributed by atoms with E-state index < -0.39 is 10.0 Å². The fourth-order valence-electron chi connectivity index (χ4n) is 3.27. The van der Waals surface area contributed by atoms with Crippen LogP contribution in [0.25, 0.3) is 10.1 Å². The second-order valence-electron chi connectivity index (χ2n) is 7.48. The van der Waals surface area contributed by atoms with E-state index in [2.05, 4.69) is 5.32 Å². The van der Waals surface area contributed by atoms with Gasteiger partial charge in [-0.05, 0) is 73.3 Å². The lowest BCUT2D eigenvalue weighted by molar-refractivity contribution is 0.103. The molecule has 3 aromatic carbocycles. The first-order valence-corrected chi connectivity index (χ1v) is 12.5. The maximum absolute atomic E-state index is 13.0. The molecular formula is C24H21ClN2O3S2. The van der Waals surface area contributed by atoms with Gasteiger partial charge in [0.15, 0.2) is 0 Å². The van der Waals surface area contributed by atoms with Crippen molar-refractivity contribution in [3.63, 3.8) is 0 Å². The highest BCUT2D eigenvalue weighted by Crippen LogP contribution is 2.32. The van der Waals surface area contributed by atoms with Crippen molar-refractivity contribution in [2.75, 3.05) is 16.7 Å². The summed E-state index contributed by atoms with van der Waals surface area (Å²) in [5, 5.41) is 4.28. The molecule has 1 heterocycles. The predicted octanol–water partition coefficient (Wildman–Crippen LogP) is 6.25. The lowest BCUT2D eigenvalue weighted by atomic mass is 10.2. The number of nitrogens with zero attached hydrogens (tertiary/aromatic N) is 1. The number of sulfonamides is 1. The number of halogens is 1. The zero-order valence-electron chi connectivity index (χ0n) is 17.7. The van der Waals surface area contributed by atoms with Crippen LogP contribution in [0.4, 0.5) is 11.4 Å². The van der Waals surface area contributed by atoms with Crippen molar-refractivity contribution in [2.24, 2.45) is 0 Å². The van der Waals surface area contributed by atoms with Crippen molar-refractivity contribution in [1.29, 1.82) is 0 Å². The molecule has 0 atom stereocenters. The minimum absolute atomic E-state index is 0.230. The maximum Gasteiger partial charge on any atom is 0.265 e. The molecule has 0 aliphatic carbocycles. The molecule has 5 nitrogen and oxygen atoms in total. The number of anilines is 2. The number of carbonyl (C=O) groups is 1. The van der Waals surface area contributed by atoms with Gasteiger partial charge in [0, 0.05) is 22.5 Å². The van der Waals surface area contributed by atoms with Crippen molar-refractivity contribution < 1.29 is 13.2 Å². The number of benzene rings is 3. The Morgan fingerprint density at radius 2 is 1.72 bits per heavy atom. The standard InChI is InChI=1S/C24H21ClN2O3S2/c1-15-7-10-19(11-8-15)32(29,30)27(3)18-9-12-22-17(13-18)14-23(31-22)24(28)26-21-6-4-5-20(25)16(21)2/h4-14H,1-3H3,(H,26,28). The monoisotopic (exact) mass is 484 g/mol. The van der Waals surface area contributed by atoms with Crippen LogP contribution in [0, 0.1) is 13.8 Å². The van der Waals surface area contributed by atoms with Crippen molar-refractivity contribution in [2.45, 2.75) is 18.7 Å². The van der Waals surface area contributed by atoms with E-state index in [4.69, 9.17) is 11.6 Å². The number of carbonyl (C=O) groups excluding carboxylic acids is 1. The van der Waals surface area contributed by atoms with Crippen LogP contribution in [0.1, 0.15) is 20.8 Å². The molecule has 32 heavy (non-hydrogen) atoms. The minimum atomic E-state index is -3.69. The summed E-state index contributed by atoms with van der Waals surface area (Å²) < 4.78 is 28.2. The molecule has 1 amide bonds. The van der Waals surface area contributed by atoms with Crippen molar-refractivity contribution in [3.05, 3.63) is 87.8 Å². The molecule has 8 heteroatoms. The SMILES string of the molecule is Cc1ccc(S(=O)(=O)N(C)c2ccc3sc(C(=O)Nc4cccc(Cl)c4C)cc3c2)cc1. The lowest BCUT2D eigenvalue weighted by Gasteiger charge is -2.19. The molecule has 4 aromatic rings. The van der Waals surface area contributed by atoms with Gasteiger partial charge in [-0.3, -0.25) is 9.10 Å². The van der Waals surface area contributed by atoms with Gasteiger partial charge in [-0.2, -0.15) is 0 Å². The van der Waals surface area contributed by atoms with Gasteiger partial charge in [-0.1, -0.05) is 35.4 Å². The molecule has 0 bridgehead atoms. The Kier molecular flexibility index (Phi) is 5.99. The summed E-state index contributed by atoms with van der Waals surface area (Å²) in [5.74, 6) is -0.237. The Hall–Kier alpha value is -2.87. The average molecular weight is 485 g/mol. The molecule has 0 unspecified atom stereocenters. The van der Waals surface area contributed by atoms with E-state index in [-0.39, 0.29) is 10.8 Å². The van der Waals surface area contributed by atoms with Crippen LogP contribution in [0.2, 0.25) is 5.02 Å². The van der Waals surface area contributed by atoms with E-state index >= 15 is 0 Å². The predicted molar refractivity (Wildman–Crippen MR) is 133 cm³/mol. The summed E-state index contributed by atoms with van der Waals surface area (Å²) in [4.78, 5) is 13.5. The number of amides is 1. The molecule has 4 rings (SSSR count). The topological polar surface area (TPSA) is 66.5 Å². The lowest BCUT2D eigenvalue weighted by Crippen LogP contribution is -2.26. The van der Waals surface area contributed by atoms with Crippen LogP contribution in [0.5, 0.6) is 0 Å². The Balaban J connectivity index is 1.62. The number of hydrogen-bond acceptors (Lipinski definition) is 4. The molecular weight excluding hydrogens is 464 g/mol. The molecule has 0 aliphatic rings. The molecule has 1 N–H and O–H groups in total. The molecule has 0 radical (unpaired) electrons. The van der Waals surface area contributed by atoms with Crippen LogP contribution in [-0.2, 0) is 10.0 Å². The number of hydrogen-bond donors (Lipinski definition) is 1. The van der Waals surface area contributed by atoms with Crippen LogP contribution in [-0.4, -0.2) is 21.4 Å². The highest BCUT2D eigenvalue weighted by Gasteiger charge is 2.22. The molecule has 1 aromatic heterocycles. The molecule has 0 fully saturated rings. The van der Waals surface area contributed by atoms with E-state index in [9.17, 15) is 13.2 Å². The summed E-state index contributed by atoms with van der Waals surface area (Å²) in [6, 6.07) is 19.2. The van der Waals surface area contributed by atoms with Crippen molar-refractivity contribution in [1.82, 2.24) is 0 Å². The third kappa shape index (κ3) is 4.24. The van der Waals surface area contributed by atoms with Crippen LogP contribution in [0.3, 0.4) is 0 Å². The maximum atomic E-state index is 13.0. The van der Waals surface area contributed by atoms with Crippen LogP contribution in [0.15, 0.2) is 71.6 Å². The van der Waals surface area contributed by atoms with Crippen molar-refractivity contribution in [3.8, 4) is 0 Å².